The first kappa shape index (κ1) is 20.6. The summed E-state index contributed by atoms with van der Waals surface area (Å²) in [6.45, 7) is 7.86. The molecular formula is C22H33N3O3. The number of nitrogens with one attached hydrogen (secondary N) is 2. The molecule has 28 heavy (non-hydrogen) atoms. The number of piperidine rings is 1. The maximum absolute atomic E-state index is 13.0. The number of amides is 2. The van der Waals surface area contributed by atoms with Crippen molar-refractivity contribution in [3.8, 4) is 5.75 Å². The zero-order valence-electron chi connectivity index (χ0n) is 17.1. The number of ether oxygens (including phenoxy) is 1. The van der Waals surface area contributed by atoms with Crippen LogP contribution in [0.1, 0.15) is 49.9 Å². The molecule has 1 aromatic rings. The molecule has 2 saturated heterocycles. The van der Waals surface area contributed by atoms with E-state index in [0.717, 1.165) is 44.5 Å². The highest BCUT2D eigenvalue weighted by Crippen LogP contribution is 2.21. The highest BCUT2D eigenvalue weighted by molar-refractivity contribution is 5.94. The number of benzene rings is 1. The number of hydrogen-bond acceptors (Lipinski definition) is 4. The fourth-order valence-electron chi connectivity index (χ4n) is 3.86. The summed E-state index contributed by atoms with van der Waals surface area (Å²) in [5.41, 5.74) is 0.668. The van der Waals surface area contributed by atoms with E-state index in [-0.39, 0.29) is 17.9 Å². The molecule has 0 aromatic heterocycles. The van der Waals surface area contributed by atoms with Crippen molar-refractivity contribution in [2.75, 3.05) is 32.8 Å². The Morgan fingerprint density at radius 2 is 2.14 bits per heavy atom. The van der Waals surface area contributed by atoms with E-state index in [2.05, 4.69) is 24.5 Å². The SMILES string of the molecule is CC(C)COc1cccc(C(=O)N2CCCC(CNC(=O)C3CCCN3)C2)c1. The van der Waals surface area contributed by atoms with Crippen LogP contribution in [0.2, 0.25) is 0 Å². The summed E-state index contributed by atoms with van der Waals surface area (Å²) in [4.78, 5) is 27.1. The van der Waals surface area contributed by atoms with Gasteiger partial charge in [-0.3, -0.25) is 9.59 Å². The van der Waals surface area contributed by atoms with Crippen LogP contribution in [0, 0.1) is 11.8 Å². The van der Waals surface area contributed by atoms with Crippen LogP contribution in [0.25, 0.3) is 0 Å². The Kier molecular flexibility index (Phi) is 7.31. The van der Waals surface area contributed by atoms with Crippen molar-refractivity contribution in [2.24, 2.45) is 11.8 Å². The number of carbonyl (C=O) groups excluding carboxylic acids is 2. The highest BCUT2D eigenvalue weighted by atomic mass is 16.5. The van der Waals surface area contributed by atoms with Crippen molar-refractivity contribution >= 4 is 11.8 Å². The second-order valence-electron chi connectivity index (χ2n) is 8.39. The van der Waals surface area contributed by atoms with E-state index in [1.54, 1.807) is 0 Å². The highest BCUT2D eigenvalue weighted by Gasteiger charge is 2.27. The zero-order chi connectivity index (χ0) is 19.9. The maximum Gasteiger partial charge on any atom is 0.253 e. The normalized spacial score (nSPS) is 22.3. The van der Waals surface area contributed by atoms with E-state index in [9.17, 15) is 9.59 Å². The van der Waals surface area contributed by atoms with Crippen molar-refractivity contribution in [3.63, 3.8) is 0 Å². The average molecular weight is 388 g/mol. The summed E-state index contributed by atoms with van der Waals surface area (Å²) < 4.78 is 5.76. The summed E-state index contributed by atoms with van der Waals surface area (Å²) in [6.07, 6.45) is 3.98. The van der Waals surface area contributed by atoms with Crippen LogP contribution in [0.15, 0.2) is 24.3 Å². The van der Waals surface area contributed by atoms with E-state index >= 15 is 0 Å². The lowest BCUT2D eigenvalue weighted by Gasteiger charge is -2.33. The molecule has 2 unspecified atom stereocenters. The van der Waals surface area contributed by atoms with Gasteiger partial charge in [0.15, 0.2) is 0 Å². The molecule has 2 heterocycles. The average Bonchev–Trinajstić information content (AvgIpc) is 3.25. The van der Waals surface area contributed by atoms with Gasteiger partial charge in [0.25, 0.3) is 5.91 Å². The largest absolute Gasteiger partial charge is 0.493 e. The van der Waals surface area contributed by atoms with Crippen molar-refractivity contribution in [1.29, 1.82) is 0 Å². The third-order valence-corrected chi connectivity index (χ3v) is 5.41. The Hall–Kier alpha value is -2.08. The van der Waals surface area contributed by atoms with Crippen molar-refractivity contribution in [1.82, 2.24) is 15.5 Å². The van der Waals surface area contributed by atoms with E-state index in [4.69, 9.17) is 4.74 Å². The molecule has 1 aromatic carbocycles. The minimum absolute atomic E-state index is 0.0449. The van der Waals surface area contributed by atoms with E-state index in [1.807, 2.05) is 29.2 Å². The fourth-order valence-corrected chi connectivity index (χ4v) is 3.86. The first-order chi connectivity index (χ1) is 13.5. The molecule has 3 rings (SSSR count). The number of likely N-dealkylation sites (tertiary alicyclic amines) is 1. The van der Waals surface area contributed by atoms with Gasteiger partial charge in [-0.25, -0.2) is 0 Å². The molecule has 2 aliphatic rings. The van der Waals surface area contributed by atoms with Crippen LogP contribution < -0.4 is 15.4 Å². The molecule has 2 fully saturated rings. The topological polar surface area (TPSA) is 70.7 Å². The van der Waals surface area contributed by atoms with Gasteiger partial charge in [0.2, 0.25) is 5.91 Å². The molecule has 2 aliphatic heterocycles. The van der Waals surface area contributed by atoms with Gasteiger partial charge in [-0.05, 0) is 62.3 Å². The predicted octanol–water partition coefficient (Wildman–Crippen LogP) is 2.44. The first-order valence-electron chi connectivity index (χ1n) is 10.6. The van der Waals surface area contributed by atoms with E-state index < -0.39 is 0 Å². The van der Waals surface area contributed by atoms with Gasteiger partial charge in [0, 0.05) is 25.2 Å². The van der Waals surface area contributed by atoms with Gasteiger partial charge >= 0.3 is 0 Å². The van der Waals surface area contributed by atoms with Gasteiger partial charge in [-0.15, -0.1) is 0 Å². The smallest absolute Gasteiger partial charge is 0.253 e. The van der Waals surface area contributed by atoms with Crippen LogP contribution in [-0.2, 0) is 4.79 Å². The zero-order valence-corrected chi connectivity index (χ0v) is 17.1. The molecule has 154 valence electrons. The minimum atomic E-state index is -0.0464. The predicted molar refractivity (Wildman–Crippen MR) is 109 cm³/mol. The lowest BCUT2D eigenvalue weighted by Crippen LogP contribution is -2.46. The molecule has 2 N–H and O–H groups in total. The molecule has 2 amide bonds. The Morgan fingerprint density at radius 3 is 2.89 bits per heavy atom. The standard InChI is InChI=1S/C22H33N3O3/c1-16(2)15-28-19-8-3-7-18(12-19)22(27)25-11-5-6-17(14-25)13-24-21(26)20-9-4-10-23-20/h3,7-8,12,16-17,20,23H,4-6,9-11,13-15H2,1-2H3,(H,24,26). The third-order valence-electron chi connectivity index (χ3n) is 5.41. The van der Waals surface area contributed by atoms with Gasteiger partial charge in [-0.1, -0.05) is 19.9 Å². The summed E-state index contributed by atoms with van der Waals surface area (Å²) in [5, 5.41) is 6.30. The van der Waals surface area contributed by atoms with E-state index in [0.29, 0.717) is 37.1 Å². The Labute approximate surface area is 168 Å². The number of hydrogen-bond donors (Lipinski definition) is 2. The summed E-state index contributed by atoms with van der Waals surface area (Å²) in [5.74, 6) is 1.63. The molecule has 6 heteroatoms. The van der Waals surface area contributed by atoms with Gasteiger partial charge in [0.05, 0.1) is 12.6 Å². The Bertz CT molecular complexity index is 671. The molecule has 0 spiro atoms. The van der Waals surface area contributed by atoms with Crippen molar-refractivity contribution in [2.45, 2.75) is 45.6 Å². The van der Waals surface area contributed by atoms with Crippen LogP contribution in [0.4, 0.5) is 0 Å². The minimum Gasteiger partial charge on any atom is -0.493 e. The molecule has 0 bridgehead atoms. The molecule has 6 nitrogen and oxygen atoms in total. The van der Waals surface area contributed by atoms with Crippen LogP contribution in [0.5, 0.6) is 5.75 Å². The Morgan fingerprint density at radius 1 is 1.29 bits per heavy atom. The molecule has 0 saturated carbocycles. The lowest BCUT2D eigenvalue weighted by molar-refractivity contribution is -0.123. The van der Waals surface area contributed by atoms with Gasteiger partial charge < -0.3 is 20.3 Å². The van der Waals surface area contributed by atoms with Crippen LogP contribution >= 0.6 is 0 Å². The first-order valence-corrected chi connectivity index (χ1v) is 10.6. The maximum atomic E-state index is 13.0. The molecule has 2 atom stereocenters. The summed E-state index contributed by atoms with van der Waals surface area (Å²) in [7, 11) is 0. The lowest BCUT2D eigenvalue weighted by atomic mass is 9.97. The summed E-state index contributed by atoms with van der Waals surface area (Å²) in [6, 6.07) is 7.41. The molecule has 0 aliphatic carbocycles. The van der Waals surface area contributed by atoms with Crippen molar-refractivity contribution < 1.29 is 14.3 Å². The molecular weight excluding hydrogens is 354 g/mol. The van der Waals surface area contributed by atoms with Gasteiger partial charge in [-0.2, -0.15) is 0 Å². The second kappa shape index (κ2) is 9.92. The molecule has 0 radical (unpaired) electrons. The summed E-state index contributed by atoms with van der Waals surface area (Å²) >= 11 is 0. The number of nitrogens with zero attached hydrogens (tertiary/aromatic N) is 1. The fraction of sp³-hybridized carbons (Fsp3) is 0.636. The van der Waals surface area contributed by atoms with Gasteiger partial charge in [0.1, 0.15) is 5.75 Å². The monoisotopic (exact) mass is 387 g/mol. The van der Waals surface area contributed by atoms with Crippen LogP contribution in [0.3, 0.4) is 0 Å². The Balaban J connectivity index is 1.52. The van der Waals surface area contributed by atoms with Crippen LogP contribution in [-0.4, -0.2) is 55.5 Å². The number of carbonyl (C=O) groups is 2. The number of rotatable bonds is 7. The van der Waals surface area contributed by atoms with E-state index in [1.165, 1.54) is 0 Å². The second-order valence-corrected chi connectivity index (χ2v) is 8.39. The third kappa shape index (κ3) is 5.71. The van der Waals surface area contributed by atoms with Crippen molar-refractivity contribution in [3.05, 3.63) is 29.8 Å². The quantitative estimate of drug-likeness (QED) is 0.754.